The van der Waals surface area contributed by atoms with Crippen LogP contribution >= 0.6 is 23.4 Å². The molecule has 2 amide bonds. The molecule has 8 heteroatoms. The summed E-state index contributed by atoms with van der Waals surface area (Å²) in [5.74, 6) is -1.89. The lowest BCUT2D eigenvalue weighted by atomic mass is 10.2. The topological polar surface area (TPSA) is 109 Å². The maximum atomic E-state index is 11.6. The minimum absolute atomic E-state index is 0.0784. The zero-order valence-electron chi connectivity index (χ0n) is 11.0. The summed E-state index contributed by atoms with van der Waals surface area (Å²) < 4.78 is 0. The van der Waals surface area contributed by atoms with Gasteiger partial charge in [0, 0.05) is 10.8 Å². The lowest BCUT2D eigenvalue weighted by molar-refractivity contribution is -0.143. The fourth-order valence-electron chi connectivity index (χ4n) is 1.53. The second-order valence-electron chi connectivity index (χ2n) is 4.25. The van der Waals surface area contributed by atoms with Gasteiger partial charge in [0.25, 0.3) is 0 Å². The smallest absolute Gasteiger partial charge is 0.326 e. The molecule has 0 radical (unpaired) electrons. The number of benzene rings is 1. The van der Waals surface area contributed by atoms with E-state index >= 15 is 0 Å². The minimum atomic E-state index is -1.29. The Morgan fingerprint density at radius 2 is 2.10 bits per heavy atom. The Morgan fingerprint density at radius 1 is 1.38 bits per heavy atom. The van der Waals surface area contributed by atoms with E-state index in [1.165, 1.54) is 11.8 Å². The van der Waals surface area contributed by atoms with Crippen LogP contribution in [0.1, 0.15) is 12.0 Å². The number of thioether (sulfide) groups is 1. The standard InChI is InChI=1S/C13H15ClN2O4S/c14-9-3-1-2-8(4-9)6-21-7-12(18)16-10(13(19)20)5-11(15)17/h1-4,10H,5-7H2,(H2,15,17)(H,16,18)(H,19,20)/t10-/m0/s1. The molecule has 0 fully saturated rings. The van der Waals surface area contributed by atoms with E-state index in [0.717, 1.165) is 5.56 Å². The molecule has 0 aliphatic heterocycles. The lowest BCUT2D eigenvalue weighted by Crippen LogP contribution is -2.44. The van der Waals surface area contributed by atoms with Crippen molar-refractivity contribution in [3.63, 3.8) is 0 Å². The number of hydrogen-bond donors (Lipinski definition) is 3. The Kier molecular flexibility index (Phi) is 7.04. The number of hydrogen-bond acceptors (Lipinski definition) is 4. The van der Waals surface area contributed by atoms with Gasteiger partial charge in [-0.15, -0.1) is 11.8 Å². The van der Waals surface area contributed by atoms with E-state index in [1.807, 2.05) is 12.1 Å². The first-order chi connectivity index (χ1) is 9.88. The van der Waals surface area contributed by atoms with Crippen LogP contribution in [-0.2, 0) is 20.1 Å². The highest BCUT2D eigenvalue weighted by Gasteiger charge is 2.21. The highest BCUT2D eigenvalue weighted by molar-refractivity contribution is 7.99. The molecule has 4 N–H and O–H groups in total. The first kappa shape index (κ1) is 17.3. The minimum Gasteiger partial charge on any atom is -0.480 e. The van der Waals surface area contributed by atoms with Crippen molar-refractivity contribution in [2.24, 2.45) is 5.73 Å². The lowest BCUT2D eigenvalue weighted by Gasteiger charge is -2.12. The number of carbonyl (C=O) groups excluding carboxylic acids is 2. The van der Waals surface area contributed by atoms with Gasteiger partial charge in [0.1, 0.15) is 6.04 Å². The van der Waals surface area contributed by atoms with Crippen molar-refractivity contribution in [3.05, 3.63) is 34.9 Å². The van der Waals surface area contributed by atoms with Crippen LogP contribution in [0.2, 0.25) is 5.02 Å². The maximum absolute atomic E-state index is 11.6. The zero-order valence-corrected chi connectivity index (χ0v) is 12.6. The van der Waals surface area contributed by atoms with Crippen molar-refractivity contribution in [2.45, 2.75) is 18.2 Å². The molecule has 1 rings (SSSR count). The number of carboxylic acids is 1. The molecule has 1 atom stereocenters. The number of nitrogens with one attached hydrogen (secondary N) is 1. The number of halogens is 1. The largest absolute Gasteiger partial charge is 0.480 e. The van der Waals surface area contributed by atoms with Crippen molar-refractivity contribution in [3.8, 4) is 0 Å². The molecule has 6 nitrogen and oxygen atoms in total. The fraction of sp³-hybridized carbons (Fsp3) is 0.308. The van der Waals surface area contributed by atoms with Gasteiger partial charge in [0.05, 0.1) is 12.2 Å². The third-order valence-corrected chi connectivity index (χ3v) is 3.67. The van der Waals surface area contributed by atoms with Gasteiger partial charge >= 0.3 is 5.97 Å². The van der Waals surface area contributed by atoms with Crippen molar-refractivity contribution in [1.29, 1.82) is 0 Å². The molecule has 0 aliphatic rings. The molecule has 1 aromatic carbocycles. The molecule has 0 aliphatic carbocycles. The summed E-state index contributed by atoms with van der Waals surface area (Å²) in [4.78, 5) is 33.2. The van der Waals surface area contributed by atoms with Crippen LogP contribution in [0.15, 0.2) is 24.3 Å². The average Bonchev–Trinajstić information content (AvgIpc) is 2.37. The molecule has 0 unspecified atom stereocenters. The maximum Gasteiger partial charge on any atom is 0.326 e. The van der Waals surface area contributed by atoms with Crippen molar-refractivity contribution < 1.29 is 19.5 Å². The summed E-state index contributed by atoms with van der Waals surface area (Å²) in [5, 5.41) is 11.7. The van der Waals surface area contributed by atoms with Crippen LogP contribution < -0.4 is 11.1 Å². The second-order valence-corrected chi connectivity index (χ2v) is 5.67. The van der Waals surface area contributed by atoms with E-state index in [1.54, 1.807) is 12.1 Å². The number of nitrogens with two attached hydrogens (primary N) is 1. The van der Waals surface area contributed by atoms with Crippen LogP contribution in [0.3, 0.4) is 0 Å². The molecule has 0 heterocycles. The second kappa shape index (κ2) is 8.53. The summed E-state index contributed by atoms with van der Waals surface area (Å²) in [5.41, 5.74) is 5.89. The summed E-state index contributed by atoms with van der Waals surface area (Å²) in [6, 6.07) is 5.94. The monoisotopic (exact) mass is 330 g/mol. The molecule has 0 spiro atoms. The van der Waals surface area contributed by atoms with Crippen molar-refractivity contribution in [2.75, 3.05) is 5.75 Å². The van der Waals surface area contributed by atoms with Crippen LogP contribution in [0.25, 0.3) is 0 Å². The predicted octanol–water partition coefficient (Wildman–Crippen LogP) is 1.02. The quantitative estimate of drug-likeness (QED) is 0.659. The normalized spacial score (nSPS) is 11.7. The molecule has 21 heavy (non-hydrogen) atoms. The van der Waals surface area contributed by atoms with Crippen molar-refractivity contribution >= 4 is 41.1 Å². The zero-order chi connectivity index (χ0) is 15.8. The SMILES string of the molecule is NC(=O)C[C@H](NC(=O)CSCc1cccc(Cl)c1)C(=O)O. The number of amides is 2. The Hall–Kier alpha value is -1.73. The van der Waals surface area contributed by atoms with Gasteiger partial charge in [-0.05, 0) is 17.7 Å². The number of rotatable bonds is 8. The van der Waals surface area contributed by atoms with Gasteiger partial charge in [-0.1, -0.05) is 23.7 Å². The van der Waals surface area contributed by atoms with E-state index in [0.29, 0.717) is 10.8 Å². The summed E-state index contributed by atoms with van der Waals surface area (Å²) in [7, 11) is 0. The Bertz CT molecular complexity index is 539. The molecule has 0 aromatic heterocycles. The molecular formula is C13H15ClN2O4S. The van der Waals surface area contributed by atoms with Gasteiger partial charge in [-0.25, -0.2) is 4.79 Å². The first-order valence-corrected chi connectivity index (χ1v) is 7.54. The number of aliphatic carboxylic acids is 1. The van der Waals surface area contributed by atoms with E-state index < -0.39 is 30.2 Å². The molecule has 1 aromatic rings. The van der Waals surface area contributed by atoms with Gasteiger partial charge < -0.3 is 16.2 Å². The Morgan fingerprint density at radius 3 is 2.67 bits per heavy atom. The first-order valence-electron chi connectivity index (χ1n) is 6.01. The highest BCUT2D eigenvalue weighted by Crippen LogP contribution is 2.16. The predicted molar refractivity (Wildman–Crippen MR) is 81.0 cm³/mol. The third kappa shape index (κ3) is 7.01. The van der Waals surface area contributed by atoms with Gasteiger partial charge in [-0.2, -0.15) is 0 Å². The Balaban J connectivity index is 2.39. The molecule has 0 saturated carbocycles. The van der Waals surface area contributed by atoms with Crippen LogP contribution in [0, 0.1) is 0 Å². The average molecular weight is 331 g/mol. The summed E-state index contributed by atoms with van der Waals surface area (Å²) in [6.07, 6.45) is -0.431. The van der Waals surface area contributed by atoms with Crippen molar-refractivity contribution in [1.82, 2.24) is 5.32 Å². The molecule has 114 valence electrons. The molecular weight excluding hydrogens is 316 g/mol. The van der Waals surface area contributed by atoms with E-state index in [2.05, 4.69) is 5.32 Å². The summed E-state index contributed by atoms with van der Waals surface area (Å²) in [6.45, 7) is 0. The van der Waals surface area contributed by atoms with E-state index in [-0.39, 0.29) is 5.75 Å². The van der Waals surface area contributed by atoms with Crippen LogP contribution in [0.4, 0.5) is 0 Å². The molecule has 0 saturated heterocycles. The third-order valence-electron chi connectivity index (χ3n) is 2.43. The Labute approximate surface area is 131 Å². The molecule has 0 bridgehead atoms. The van der Waals surface area contributed by atoms with E-state index in [4.69, 9.17) is 22.4 Å². The van der Waals surface area contributed by atoms with Gasteiger partial charge in [-0.3, -0.25) is 9.59 Å². The number of carbonyl (C=O) groups is 3. The highest BCUT2D eigenvalue weighted by atomic mass is 35.5. The van der Waals surface area contributed by atoms with Gasteiger partial charge in [0.15, 0.2) is 0 Å². The van der Waals surface area contributed by atoms with Crippen LogP contribution in [-0.4, -0.2) is 34.7 Å². The number of primary amides is 1. The fourth-order valence-corrected chi connectivity index (χ4v) is 2.52. The van der Waals surface area contributed by atoms with Gasteiger partial charge in [0.2, 0.25) is 11.8 Å². The van der Waals surface area contributed by atoms with Crippen LogP contribution in [0.5, 0.6) is 0 Å². The van der Waals surface area contributed by atoms with E-state index in [9.17, 15) is 14.4 Å². The number of carboxylic acid groups (broad SMARTS) is 1. The summed E-state index contributed by atoms with van der Waals surface area (Å²) >= 11 is 7.16.